The van der Waals surface area contributed by atoms with Crippen molar-refractivity contribution >= 4 is 11.6 Å². The zero-order chi connectivity index (χ0) is 14.7. The third kappa shape index (κ3) is 2.84. The monoisotopic (exact) mass is 283 g/mol. The average Bonchev–Trinajstić information content (AvgIpc) is 3.02. The number of fused-ring (bicyclic) bond motifs is 1. The van der Waals surface area contributed by atoms with Crippen molar-refractivity contribution in [3.63, 3.8) is 0 Å². The molecular formula is C17H17NO3. The van der Waals surface area contributed by atoms with Crippen molar-refractivity contribution in [1.82, 2.24) is 0 Å². The highest BCUT2D eigenvalue weighted by atomic mass is 16.7. The van der Waals surface area contributed by atoms with Crippen molar-refractivity contribution in [1.29, 1.82) is 0 Å². The van der Waals surface area contributed by atoms with E-state index in [9.17, 15) is 4.79 Å². The van der Waals surface area contributed by atoms with E-state index in [-0.39, 0.29) is 12.7 Å². The quantitative estimate of drug-likeness (QED) is 0.865. The Labute approximate surface area is 123 Å². The first-order valence-corrected chi connectivity index (χ1v) is 6.95. The molecule has 0 aromatic heterocycles. The standard InChI is InChI=1S/C17H17NO3/c1-18(14-7-3-2-4-8-14)16(19)11-10-13-6-5-9-15-17(13)21-12-20-15/h2-9H,10-12H2,1H3. The molecule has 0 spiro atoms. The number of carbonyl (C=O) groups is 1. The molecule has 0 fully saturated rings. The molecule has 21 heavy (non-hydrogen) atoms. The Balaban J connectivity index is 1.66. The molecule has 1 amide bonds. The second kappa shape index (κ2) is 5.87. The van der Waals surface area contributed by atoms with Gasteiger partial charge in [-0.1, -0.05) is 30.3 Å². The van der Waals surface area contributed by atoms with Crippen LogP contribution in [0.2, 0.25) is 0 Å². The molecule has 0 N–H and O–H groups in total. The largest absolute Gasteiger partial charge is 0.454 e. The summed E-state index contributed by atoms with van der Waals surface area (Å²) in [6.45, 7) is 0.254. The van der Waals surface area contributed by atoms with E-state index in [4.69, 9.17) is 9.47 Å². The zero-order valence-corrected chi connectivity index (χ0v) is 11.9. The van der Waals surface area contributed by atoms with Crippen molar-refractivity contribution in [2.75, 3.05) is 18.7 Å². The summed E-state index contributed by atoms with van der Waals surface area (Å²) in [6.07, 6.45) is 1.08. The number of benzene rings is 2. The van der Waals surface area contributed by atoms with Gasteiger partial charge in [0.15, 0.2) is 11.5 Å². The molecule has 0 saturated heterocycles. The molecule has 0 atom stereocenters. The van der Waals surface area contributed by atoms with Crippen LogP contribution in [-0.2, 0) is 11.2 Å². The second-order valence-corrected chi connectivity index (χ2v) is 4.94. The predicted molar refractivity (Wildman–Crippen MR) is 80.7 cm³/mol. The molecule has 2 aromatic carbocycles. The fraction of sp³-hybridized carbons (Fsp3) is 0.235. The number of rotatable bonds is 4. The van der Waals surface area contributed by atoms with Gasteiger partial charge in [-0.05, 0) is 30.2 Å². The Bertz CT molecular complexity index is 640. The van der Waals surface area contributed by atoms with Gasteiger partial charge < -0.3 is 14.4 Å². The summed E-state index contributed by atoms with van der Waals surface area (Å²) < 4.78 is 10.8. The van der Waals surface area contributed by atoms with Crippen LogP contribution in [0, 0.1) is 0 Å². The second-order valence-electron chi connectivity index (χ2n) is 4.94. The zero-order valence-electron chi connectivity index (χ0n) is 11.9. The SMILES string of the molecule is CN(C(=O)CCc1cccc2c1OCO2)c1ccccc1. The van der Waals surface area contributed by atoms with Crippen molar-refractivity contribution in [2.45, 2.75) is 12.8 Å². The average molecular weight is 283 g/mol. The Morgan fingerprint density at radius 3 is 2.71 bits per heavy atom. The third-order valence-electron chi connectivity index (χ3n) is 3.60. The third-order valence-corrected chi connectivity index (χ3v) is 3.60. The fourth-order valence-electron chi connectivity index (χ4n) is 2.39. The van der Waals surface area contributed by atoms with Crippen molar-refractivity contribution in [2.24, 2.45) is 0 Å². The minimum Gasteiger partial charge on any atom is -0.454 e. The van der Waals surface area contributed by atoms with E-state index >= 15 is 0 Å². The van der Waals surface area contributed by atoms with Gasteiger partial charge in [0.2, 0.25) is 12.7 Å². The van der Waals surface area contributed by atoms with Crippen LogP contribution in [0.25, 0.3) is 0 Å². The number of ether oxygens (including phenoxy) is 2. The van der Waals surface area contributed by atoms with Crippen LogP contribution in [0.1, 0.15) is 12.0 Å². The molecule has 0 bridgehead atoms. The minimum atomic E-state index is 0.0812. The highest BCUT2D eigenvalue weighted by Gasteiger charge is 2.18. The number of hydrogen-bond acceptors (Lipinski definition) is 3. The Morgan fingerprint density at radius 2 is 1.90 bits per heavy atom. The molecule has 1 aliphatic heterocycles. The van der Waals surface area contributed by atoms with Crippen LogP contribution >= 0.6 is 0 Å². The highest BCUT2D eigenvalue weighted by molar-refractivity contribution is 5.92. The maximum atomic E-state index is 12.3. The molecule has 0 saturated carbocycles. The number of para-hydroxylation sites is 2. The minimum absolute atomic E-state index is 0.0812. The number of carbonyl (C=O) groups excluding carboxylic acids is 1. The van der Waals surface area contributed by atoms with Gasteiger partial charge in [-0.25, -0.2) is 0 Å². The Hall–Kier alpha value is -2.49. The molecule has 108 valence electrons. The van der Waals surface area contributed by atoms with E-state index in [0.29, 0.717) is 12.8 Å². The van der Waals surface area contributed by atoms with Gasteiger partial charge in [0.25, 0.3) is 0 Å². The molecule has 1 heterocycles. The molecule has 3 rings (SSSR count). The molecule has 1 aliphatic rings. The normalized spacial score (nSPS) is 12.2. The number of aryl methyl sites for hydroxylation is 1. The molecule has 2 aromatic rings. The van der Waals surface area contributed by atoms with Crippen LogP contribution in [-0.4, -0.2) is 19.7 Å². The lowest BCUT2D eigenvalue weighted by Crippen LogP contribution is -2.26. The first-order chi connectivity index (χ1) is 10.3. The lowest BCUT2D eigenvalue weighted by Gasteiger charge is -2.17. The topological polar surface area (TPSA) is 38.8 Å². The summed E-state index contributed by atoms with van der Waals surface area (Å²) in [5.41, 5.74) is 1.92. The van der Waals surface area contributed by atoms with E-state index in [1.54, 1.807) is 11.9 Å². The number of hydrogen-bond donors (Lipinski definition) is 0. The van der Waals surface area contributed by atoms with E-state index < -0.39 is 0 Å². The van der Waals surface area contributed by atoms with Gasteiger partial charge in [-0.3, -0.25) is 4.79 Å². The Morgan fingerprint density at radius 1 is 1.10 bits per heavy atom. The van der Waals surface area contributed by atoms with Crippen LogP contribution < -0.4 is 14.4 Å². The van der Waals surface area contributed by atoms with Gasteiger partial charge in [0, 0.05) is 19.2 Å². The first-order valence-electron chi connectivity index (χ1n) is 6.95. The van der Waals surface area contributed by atoms with Crippen molar-refractivity contribution < 1.29 is 14.3 Å². The molecule has 0 aliphatic carbocycles. The lowest BCUT2D eigenvalue weighted by atomic mass is 10.1. The summed E-state index contributed by atoms with van der Waals surface area (Å²) in [5, 5.41) is 0. The molecular weight excluding hydrogens is 266 g/mol. The summed E-state index contributed by atoms with van der Waals surface area (Å²) in [7, 11) is 1.80. The van der Waals surface area contributed by atoms with E-state index in [0.717, 1.165) is 22.7 Å². The highest BCUT2D eigenvalue weighted by Crippen LogP contribution is 2.35. The first kappa shape index (κ1) is 13.5. The molecule has 4 heteroatoms. The fourth-order valence-corrected chi connectivity index (χ4v) is 2.39. The van der Waals surface area contributed by atoms with E-state index in [1.165, 1.54) is 0 Å². The maximum absolute atomic E-state index is 12.3. The molecule has 0 radical (unpaired) electrons. The molecule has 0 unspecified atom stereocenters. The maximum Gasteiger partial charge on any atom is 0.231 e. The number of anilines is 1. The summed E-state index contributed by atoms with van der Waals surface area (Å²) >= 11 is 0. The van der Waals surface area contributed by atoms with Gasteiger partial charge in [0.1, 0.15) is 0 Å². The molecule has 4 nitrogen and oxygen atoms in total. The number of nitrogens with zero attached hydrogens (tertiary/aromatic N) is 1. The van der Waals surface area contributed by atoms with Crippen molar-refractivity contribution in [3.8, 4) is 11.5 Å². The van der Waals surface area contributed by atoms with Gasteiger partial charge >= 0.3 is 0 Å². The Kier molecular flexibility index (Phi) is 3.77. The van der Waals surface area contributed by atoms with Gasteiger partial charge in [-0.15, -0.1) is 0 Å². The lowest BCUT2D eigenvalue weighted by molar-refractivity contribution is -0.118. The van der Waals surface area contributed by atoms with Crippen LogP contribution in [0.4, 0.5) is 5.69 Å². The summed E-state index contributed by atoms with van der Waals surface area (Å²) in [6, 6.07) is 15.4. The van der Waals surface area contributed by atoms with E-state index in [1.807, 2.05) is 48.5 Å². The van der Waals surface area contributed by atoms with E-state index in [2.05, 4.69) is 0 Å². The predicted octanol–water partition coefficient (Wildman–Crippen LogP) is 3.01. The van der Waals surface area contributed by atoms with Gasteiger partial charge in [-0.2, -0.15) is 0 Å². The van der Waals surface area contributed by atoms with Crippen LogP contribution in [0.3, 0.4) is 0 Å². The summed E-state index contributed by atoms with van der Waals surface area (Å²) in [5.74, 6) is 1.61. The number of amides is 1. The van der Waals surface area contributed by atoms with Crippen LogP contribution in [0.5, 0.6) is 11.5 Å². The van der Waals surface area contributed by atoms with Crippen LogP contribution in [0.15, 0.2) is 48.5 Å². The van der Waals surface area contributed by atoms with Gasteiger partial charge in [0.05, 0.1) is 0 Å². The smallest absolute Gasteiger partial charge is 0.231 e. The summed E-state index contributed by atoms with van der Waals surface area (Å²) in [4.78, 5) is 14.0. The van der Waals surface area contributed by atoms with Crippen molar-refractivity contribution in [3.05, 3.63) is 54.1 Å².